The monoisotopic (exact) mass is 246 g/mol. The Morgan fingerprint density at radius 2 is 2.00 bits per heavy atom. The number of pyridine rings is 1. The summed E-state index contributed by atoms with van der Waals surface area (Å²) >= 11 is 1.35. The van der Waals surface area contributed by atoms with Crippen molar-refractivity contribution in [1.29, 1.82) is 0 Å². The number of hydrogen-bond acceptors (Lipinski definition) is 3. The van der Waals surface area contributed by atoms with Gasteiger partial charge in [-0.05, 0) is 0 Å². The van der Waals surface area contributed by atoms with Crippen LogP contribution in [0.5, 0.6) is 0 Å². The molecule has 1 aromatic heterocycles. The van der Waals surface area contributed by atoms with Crippen molar-refractivity contribution in [2.24, 2.45) is 0 Å². The summed E-state index contributed by atoms with van der Waals surface area (Å²) in [5.41, 5.74) is 1.14. The van der Waals surface area contributed by atoms with E-state index in [1.807, 2.05) is 30.3 Å². The molecule has 0 saturated carbocycles. The minimum absolute atomic E-state index is 0.339. The van der Waals surface area contributed by atoms with Crippen LogP contribution in [-0.2, 0) is 3.76 Å². The minimum atomic E-state index is -0.407. The van der Waals surface area contributed by atoms with Gasteiger partial charge in [0, 0.05) is 0 Å². The van der Waals surface area contributed by atoms with E-state index in [1.54, 1.807) is 6.07 Å². The van der Waals surface area contributed by atoms with Crippen LogP contribution in [-0.4, -0.2) is 27.8 Å². The summed E-state index contributed by atoms with van der Waals surface area (Å²) < 4.78 is 4.58. The van der Waals surface area contributed by atoms with Gasteiger partial charge in [0.15, 0.2) is 0 Å². The quantitative estimate of drug-likeness (QED) is 0.714. The zero-order valence-electron chi connectivity index (χ0n) is 7.23. The van der Waals surface area contributed by atoms with Crippen LogP contribution in [0.1, 0.15) is 10.5 Å². The second-order valence-electron chi connectivity index (χ2n) is 2.78. The van der Waals surface area contributed by atoms with Crippen molar-refractivity contribution >= 4 is 33.7 Å². The predicted octanol–water partition coefficient (Wildman–Crippen LogP) is 1.48. The van der Waals surface area contributed by atoms with Crippen LogP contribution in [0.15, 0.2) is 36.4 Å². The summed E-state index contributed by atoms with van der Waals surface area (Å²) in [4.78, 5) is 15.3. The van der Waals surface area contributed by atoms with Gasteiger partial charge < -0.3 is 0 Å². The molecule has 0 atom stereocenters. The molecule has 0 fully saturated rings. The van der Waals surface area contributed by atoms with E-state index in [9.17, 15) is 4.79 Å². The molecule has 0 saturated heterocycles. The first-order chi connectivity index (χ1) is 6.81. The Morgan fingerprint density at radius 1 is 1.21 bits per heavy atom. The summed E-state index contributed by atoms with van der Waals surface area (Å²) in [6.45, 7) is 0. The van der Waals surface area contributed by atoms with Crippen molar-refractivity contribution in [3.63, 3.8) is 0 Å². The molecule has 0 amide bonds. The number of carbonyl (C=O) groups is 1. The number of fused-ring (bicyclic) bond motifs is 1. The first-order valence-electron chi connectivity index (χ1n) is 4.05. The topological polar surface area (TPSA) is 39.2 Å². The third-order valence-electron chi connectivity index (χ3n) is 1.90. The van der Waals surface area contributed by atoms with Gasteiger partial charge in [0.05, 0.1) is 0 Å². The van der Waals surface area contributed by atoms with E-state index in [2.05, 4.69) is 8.75 Å². The van der Waals surface area contributed by atoms with E-state index in [4.69, 9.17) is 0 Å². The molecule has 0 spiro atoms. The summed E-state index contributed by atoms with van der Waals surface area (Å²) in [6.07, 6.45) is 0. The molecular formula is C10H6GeNO2. The second kappa shape index (κ2) is 3.79. The molecule has 14 heavy (non-hydrogen) atoms. The normalized spacial score (nSPS) is 10.1. The zero-order chi connectivity index (χ0) is 9.97. The van der Waals surface area contributed by atoms with E-state index in [0.717, 1.165) is 10.9 Å². The van der Waals surface area contributed by atoms with Crippen molar-refractivity contribution in [3.8, 4) is 0 Å². The SMILES string of the molecule is O=C([O][Ge])c1ccc2ccccc2n1. The van der Waals surface area contributed by atoms with E-state index >= 15 is 0 Å². The van der Waals surface area contributed by atoms with Gasteiger partial charge in [-0.3, -0.25) is 0 Å². The predicted molar refractivity (Wildman–Crippen MR) is 52.9 cm³/mol. The Labute approximate surface area is 89.7 Å². The third-order valence-corrected chi connectivity index (χ3v) is 2.29. The van der Waals surface area contributed by atoms with Crippen molar-refractivity contribution in [3.05, 3.63) is 42.1 Å². The maximum absolute atomic E-state index is 11.2. The second-order valence-corrected chi connectivity index (χ2v) is 3.21. The fraction of sp³-hybridized carbons (Fsp3) is 0. The summed E-state index contributed by atoms with van der Waals surface area (Å²) in [5, 5.41) is 1.01. The molecule has 0 aliphatic rings. The zero-order valence-corrected chi connectivity index (χ0v) is 9.33. The molecule has 0 bridgehead atoms. The Kier molecular flexibility index (Phi) is 2.50. The van der Waals surface area contributed by atoms with Gasteiger partial charge in [-0.2, -0.15) is 0 Å². The Morgan fingerprint density at radius 3 is 2.79 bits per heavy atom. The molecular weight excluding hydrogens is 239 g/mol. The molecule has 4 heteroatoms. The van der Waals surface area contributed by atoms with Crippen LogP contribution in [0.3, 0.4) is 0 Å². The van der Waals surface area contributed by atoms with Gasteiger partial charge in [0.1, 0.15) is 0 Å². The van der Waals surface area contributed by atoms with Gasteiger partial charge in [0.2, 0.25) is 0 Å². The molecule has 0 aliphatic carbocycles. The first kappa shape index (κ1) is 9.21. The van der Waals surface area contributed by atoms with Crippen LogP contribution in [0.2, 0.25) is 0 Å². The van der Waals surface area contributed by atoms with Gasteiger partial charge in [-0.1, -0.05) is 0 Å². The van der Waals surface area contributed by atoms with E-state index in [1.165, 1.54) is 16.9 Å². The van der Waals surface area contributed by atoms with Crippen molar-refractivity contribution < 1.29 is 8.56 Å². The number of rotatable bonds is 1. The maximum atomic E-state index is 11.2. The van der Waals surface area contributed by atoms with E-state index in [0.29, 0.717) is 5.69 Å². The van der Waals surface area contributed by atoms with Gasteiger partial charge >= 0.3 is 89.4 Å². The van der Waals surface area contributed by atoms with Crippen LogP contribution >= 0.6 is 0 Å². The molecule has 3 nitrogen and oxygen atoms in total. The first-order valence-corrected chi connectivity index (χ1v) is 4.90. The van der Waals surface area contributed by atoms with Crippen LogP contribution in [0.25, 0.3) is 10.9 Å². The van der Waals surface area contributed by atoms with Crippen molar-refractivity contribution in [2.75, 3.05) is 0 Å². The Balaban J connectivity index is 2.56. The standard InChI is InChI=1S/C10H6GeNO2/c11-14-10(13)9-6-5-7-3-1-2-4-8(7)12-9/h1-6H. The number of benzene rings is 1. The molecule has 3 radical (unpaired) electrons. The summed E-state index contributed by atoms with van der Waals surface area (Å²) in [6, 6.07) is 11.1. The number of para-hydroxylation sites is 1. The van der Waals surface area contributed by atoms with Gasteiger partial charge in [-0.15, -0.1) is 0 Å². The fourth-order valence-electron chi connectivity index (χ4n) is 1.23. The Bertz CT molecular complexity index is 484. The van der Waals surface area contributed by atoms with Crippen LogP contribution in [0.4, 0.5) is 0 Å². The molecule has 0 N–H and O–H groups in total. The molecule has 1 heterocycles. The number of hydrogen-bond donors (Lipinski definition) is 0. The molecule has 2 aromatic rings. The molecule has 1 aromatic carbocycles. The summed E-state index contributed by atoms with van der Waals surface area (Å²) in [7, 11) is 0. The van der Waals surface area contributed by atoms with E-state index in [-0.39, 0.29) is 0 Å². The fourth-order valence-corrected chi connectivity index (χ4v) is 1.45. The molecule has 0 aliphatic heterocycles. The number of aromatic nitrogens is 1. The van der Waals surface area contributed by atoms with E-state index < -0.39 is 5.97 Å². The van der Waals surface area contributed by atoms with Gasteiger partial charge in [-0.25, -0.2) is 0 Å². The summed E-state index contributed by atoms with van der Waals surface area (Å²) in [5.74, 6) is -0.407. The van der Waals surface area contributed by atoms with Crippen molar-refractivity contribution in [2.45, 2.75) is 0 Å². The number of carbonyl (C=O) groups excluding carboxylic acids is 1. The van der Waals surface area contributed by atoms with Crippen LogP contribution in [0, 0.1) is 0 Å². The van der Waals surface area contributed by atoms with Crippen molar-refractivity contribution in [1.82, 2.24) is 4.98 Å². The average molecular weight is 245 g/mol. The molecule has 0 unspecified atom stereocenters. The average Bonchev–Trinajstić information content (AvgIpc) is 2.27. The molecule has 67 valence electrons. The van der Waals surface area contributed by atoms with Crippen LogP contribution < -0.4 is 0 Å². The van der Waals surface area contributed by atoms with Gasteiger partial charge in [0.25, 0.3) is 0 Å². The third kappa shape index (κ3) is 1.63. The number of nitrogens with zero attached hydrogens (tertiary/aromatic N) is 1. The molecule has 2 rings (SSSR count). The Hall–Kier alpha value is -1.36.